The Balaban J connectivity index is 1.50. The van der Waals surface area contributed by atoms with Crippen LogP contribution < -0.4 is 15.4 Å². The van der Waals surface area contributed by atoms with E-state index in [4.69, 9.17) is 4.74 Å². The number of carbonyl (C=O) groups is 2. The van der Waals surface area contributed by atoms with Crippen LogP contribution in [0, 0.1) is 0 Å². The van der Waals surface area contributed by atoms with Crippen LogP contribution >= 0.6 is 0 Å². The standard InChI is InChI=1S/C24H22N2O4/c27-22-13-12-19(30-18-8-2-1-3-9-18)15-20(22)24(29)25-17-7-4-6-16(14-17)21-10-5-11-23(28)26-21/h1-4,6-9,12-15,21,27H,5,10-11H2,(H,25,29)(H,26,28). The van der Waals surface area contributed by atoms with E-state index in [2.05, 4.69) is 10.6 Å². The Hall–Kier alpha value is -3.80. The number of hydrogen-bond donors (Lipinski definition) is 3. The monoisotopic (exact) mass is 402 g/mol. The lowest BCUT2D eigenvalue weighted by atomic mass is 9.97. The summed E-state index contributed by atoms with van der Waals surface area (Å²) in [4.78, 5) is 24.5. The van der Waals surface area contributed by atoms with E-state index in [-0.39, 0.29) is 23.3 Å². The van der Waals surface area contributed by atoms with Gasteiger partial charge in [0.1, 0.15) is 17.2 Å². The van der Waals surface area contributed by atoms with Gasteiger partial charge in [0.15, 0.2) is 0 Å². The molecule has 1 heterocycles. The molecule has 0 aromatic heterocycles. The van der Waals surface area contributed by atoms with Gasteiger partial charge in [-0.15, -0.1) is 0 Å². The number of phenols is 1. The molecule has 1 saturated heterocycles. The highest BCUT2D eigenvalue weighted by Crippen LogP contribution is 2.29. The molecule has 3 aromatic rings. The van der Waals surface area contributed by atoms with Gasteiger partial charge in [-0.1, -0.05) is 30.3 Å². The lowest BCUT2D eigenvalue weighted by Crippen LogP contribution is -2.32. The van der Waals surface area contributed by atoms with Crippen LogP contribution in [0.25, 0.3) is 0 Å². The lowest BCUT2D eigenvalue weighted by molar-refractivity contribution is -0.123. The number of carbonyl (C=O) groups excluding carboxylic acids is 2. The lowest BCUT2D eigenvalue weighted by Gasteiger charge is -2.24. The predicted octanol–water partition coefficient (Wildman–Crippen LogP) is 4.78. The molecule has 0 radical (unpaired) electrons. The fourth-order valence-electron chi connectivity index (χ4n) is 3.47. The summed E-state index contributed by atoms with van der Waals surface area (Å²) < 4.78 is 5.75. The van der Waals surface area contributed by atoms with Crippen LogP contribution in [0.15, 0.2) is 72.8 Å². The van der Waals surface area contributed by atoms with E-state index in [1.807, 2.05) is 48.5 Å². The second-order valence-corrected chi connectivity index (χ2v) is 7.19. The Bertz CT molecular complexity index is 1070. The minimum absolute atomic E-state index is 0.0424. The number of nitrogens with one attached hydrogen (secondary N) is 2. The van der Waals surface area contributed by atoms with Crippen molar-refractivity contribution in [2.75, 3.05) is 5.32 Å². The molecule has 1 aliphatic heterocycles. The predicted molar refractivity (Wildman–Crippen MR) is 114 cm³/mol. The smallest absolute Gasteiger partial charge is 0.259 e. The molecule has 30 heavy (non-hydrogen) atoms. The first kappa shape index (κ1) is 19.5. The molecule has 1 unspecified atom stereocenters. The third-order valence-electron chi connectivity index (χ3n) is 4.97. The fourth-order valence-corrected chi connectivity index (χ4v) is 3.47. The molecule has 0 bridgehead atoms. The van der Waals surface area contributed by atoms with Crippen molar-refractivity contribution in [1.29, 1.82) is 0 Å². The molecule has 6 heteroatoms. The van der Waals surface area contributed by atoms with E-state index >= 15 is 0 Å². The van der Waals surface area contributed by atoms with E-state index in [1.165, 1.54) is 12.1 Å². The highest BCUT2D eigenvalue weighted by atomic mass is 16.5. The third-order valence-corrected chi connectivity index (χ3v) is 4.97. The van der Waals surface area contributed by atoms with Gasteiger partial charge in [-0.3, -0.25) is 9.59 Å². The van der Waals surface area contributed by atoms with Crippen molar-refractivity contribution in [3.63, 3.8) is 0 Å². The van der Waals surface area contributed by atoms with Crippen LogP contribution in [0.3, 0.4) is 0 Å². The molecule has 1 aliphatic rings. The van der Waals surface area contributed by atoms with Crippen molar-refractivity contribution in [3.8, 4) is 17.2 Å². The van der Waals surface area contributed by atoms with Crippen LogP contribution in [-0.2, 0) is 4.79 Å². The van der Waals surface area contributed by atoms with Gasteiger partial charge in [0.25, 0.3) is 5.91 Å². The van der Waals surface area contributed by atoms with E-state index in [0.717, 1.165) is 18.4 Å². The molecule has 3 aromatic carbocycles. The van der Waals surface area contributed by atoms with Gasteiger partial charge in [0.2, 0.25) is 5.91 Å². The first-order chi connectivity index (χ1) is 14.6. The van der Waals surface area contributed by atoms with Crippen LogP contribution in [0.2, 0.25) is 0 Å². The number of para-hydroxylation sites is 1. The number of phenolic OH excluding ortho intramolecular Hbond substituents is 1. The fraction of sp³-hybridized carbons (Fsp3) is 0.167. The Morgan fingerprint density at radius 1 is 1.00 bits per heavy atom. The molecule has 152 valence electrons. The highest BCUT2D eigenvalue weighted by molar-refractivity contribution is 6.06. The average molecular weight is 402 g/mol. The summed E-state index contributed by atoms with van der Waals surface area (Å²) in [6.45, 7) is 0. The Morgan fingerprint density at radius 3 is 2.63 bits per heavy atom. The SMILES string of the molecule is O=C1CCCC(c2cccc(NC(=O)c3cc(Oc4ccccc4)ccc3O)c2)N1. The molecule has 1 fully saturated rings. The van der Waals surface area contributed by atoms with E-state index in [0.29, 0.717) is 23.6 Å². The Morgan fingerprint density at radius 2 is 1.83 bits per heavy atom. The van der Waals surface area contributed by atoms with Crippen LogP contribution in [-0.4, -0.2) is 16.9 Å². The maximum atomic E-state index is 12.8. The van der Waals surface area contributed by atoms with Gasteiger partial charge in [0, 0.05) is 12.1 Å². The molecule has 3 N–H and O–H groups in total. The number of anilines is 1. The molecule has 0 spiro atoms. The van der Waals surface area contributed by atoms with Crippen molar-refractivity contribution >= 4 is 17.5 Å². The Kier molecular flexibility index (Phi) is 5.66. The van der Waals surface area contributed by atoms with Gasteiger partial charge >= 0.3 is 0 Å². The molecular formula is C24H22N2O4. The quantitative estimate of drug-likeness (QED) is 0.573. The normalized spacial score (nSPS) is 15.9. The van der Waals surface area contributed by atoms with Gasteiger partial charge < -0.3 is 20.5 Å². The molecule has 1 atom stereocenters. The molecule has 0 saturated carbocycles. The van der Waals surface area contributed by atoms with Gasteiger partial charge in [-0.2, -0.15) is 0 Å². The zero-order valence-electron chi connectivity index (χ0n) is 16.3. The van der Waals surface area contributed by atoms with Gasteiger partial charge in [0.05, 0.1) is 11.6 Å². The molecule has 2 amide bonds. The summed E-state index contributed by atoms with van der Waals surface area (Å²) in [5.41, 5.74) is 1.64. The summed E-state index contributed by atoms with van der Waals surface area (Å²) in [6.07, 6.45) is 2.26. The summed E-state index contributed by atoms with van der Waals surface area (Å²) in [5, 5.41) is 16.0. The van der Waals surface area contributed by atoms with Gasteiger partial charge in [-0.05, 0) is 60.9 Å². The number of aromatic hydroxyl groups is 1. The second kappa shape index (κ2) is 8.69. The first-order valence-corrected chi connectivity index (χ1v) is 9.85. The minimum Gasteiger partial charge on any atom is -0.507 e. The molecule has 6 nitrogen and oxygen atoms in total. The van der Waals surface area contributed by atoms with Crippen molar-refractivity contribution in [2.24, 2.45) is 0 Å². The van der Waals surface area contributed by atoms with Crippen molar-refractivity contribution in [2.45, 2.75) is 25.3 Å². The number of piperidine rings is 1. The Labute approximate surface area is 174 Å². The molecular weight excluding hydrogens is 380 g/mol. The van der Waals surface area contributed by atoms with Crippen molar-refractivity contribution < 1.29 is 19.4 Å². The summed E-state index contributed by atoms with van der Waals surface area (Å²) in [7, 11) is 0. The second-order valence-electron chi connectivity index (χ2n) is 7.19. The topological polar surface area (TPSA) is 87.7 Å². The third kappa shape index (κ3) is 4.60. The highest BCUT2D eigenvalue weighted by Gasteiger charge is 2.20. The average Bonchev–Trinajstić information content (AvgIpc) is 2.76. The van der Waals surface area contributed by atoms with Crippen molar-refractivity contribution in [1.82, 2.24) is 5.32 Å². The number of ether oxygens (including phenoxy) is 1. The van der Waals surface area contributed by atoms with Crippen LogP contribution in [0.4, 0.5) is 5.69 Å². The number of benzene rings is 3. The first-order valence-electron chi connectivity index (χ1n) is 9.85. The van der Waals surface area contributed by atoms with Crippen LogP contribution in [0.1, 0.15) is 41.2 Å². The van der Waals surface area contributed by atoms with Gasteiger partial charge in [-0.25, -0.2) is 0 Å². The van der Waals surface area contributed by atoms with E-state index in [9.17, 15) is 14.7 Å². The maximum Gasteiger partial charge on any atom is 0.259 e. The van der Waals surface area contributed by atoms with E-state index in [1.54, 1.807) is 12.1 Å². The number of amides is 2. The maximum absolute atomic E-state index is 12.8. The zero-order valence-corrected chi connectivity index (χ0v) is 16.3. The molecule has 0 aliphatic carbocycles. The van der Waals surface area contributed by atoms with Crippen molar-refractivity contribution in [3.05, 3.63) is 83.9 Å². The largest absolute Gasteiger partial charge is 0.507 e. The summed E-state index contributed by atoms with van der Waals surface area (Å²) in [5.74, 6) is 0.542. The van der Waals surface area contributed by atoms with Crippen LogP contribution in [0.5, 0.6) is 17.2 Å². The summed E-state index contributed by atoms with van der Waals surface area (Å²) in [6, 6.07) is 21.1. The number of rotatable bonds is 5. The summed E-state index contributed by atoms with van der Waals surface area (Å²) >= 11 is 0. The minimum atomic E-state index is -0.448. The number of hydrogen-bond acceptors (Lipinski definition) is 4. The molecule has 4 rings (SSSR count). The zero-order chi connectivity index (χ0) is 20.9. The van der Waals surface area contributed by atoms with E-state index < -0.39 is 5.91 Å².